The van der Waals surface area contributed by atoms with Crippen LogP contribution in [0.1, 0.15) is 37.4 Å². The molecule has 0 aromatic carbocycles. The molecule has 4 heteroatoms. The molecule has 4 nitrogen and oxygen atoms in total. The fourth-order valence-corrected chi connectivity index (χ4v) is 2.91. The largest absolute Gasteiger partial charge is 0.335 e. The van der Waals surface area contributed by atoms with Crippen molar-refractivity contribution in [2.75, 3.05) is 6.54 Å². The van der Waals surface area contributed by atoms with Gasteiger partial charge in [-0.1, -0.05) is 6.07 Å². The van der Waals surface area contributed by atoms with Crippen molar-refractivity contribution >= 4 is 5.91 Å². The molecule has 1 aromatic rings. The molecule has 2 rings (SSSR count). The van der Waals surface area contributed by atoms with E-state index in [1.165, 1.54) is 0 Å². The number of amides is 1. The average Bonchev–Trinajstić information content (AvgIpc) is 2.40. The Bertz CT molecular complexity index is 447. The van der Waals surface area contributed by atoms with Crippen LogP contribution in [-0.4, -0.2) is 34.4 Å². The quantitative estimate of drug-likeness (QED) is 0.900. The van der Waals surface area contributed by atoms with Gasteiger partial charge in [0.05, 0.1) is 12.1 Å². The fourth-order valence-electron chi connectivity index (χ4n) is 2.91. The summed E-state index contributed by atoms with van der Waals surface area (Å²) >= 11 is 0. The lowest BCUT2D eigenvalue weighted by atomic mass is 9.95. The molecule has 2 heterocycles. The zero-order valence-electron chi connectivity index (χ0n) is 11.8. The first-order valence-electron chi connectivity index (χ1n) is 7.05. The lowest BCUT2D eigenvalue weighted by molar-refractivity contribution is -0.136. The van der Waals surface area contributed by atoms with Crippen molar-refractivity contribution in [3.8, 4) is 0 Å². The molecule has 19 heavy (non-hydrogen) atoms. The highest BCUT2D eigenvalue weighted by molar-refractivity contribution is 5.79. The Morgan fingerprint density at radius 3 is 3.00 bits per heavy atom. The van der Waals surface area contributed by atoms with Crippen LogP contribution >= 0.6 is 0 Å². The highest BCUT2D eigenvalue weighted by Gasteiger charge is 2.30. The third-order valence-corrected chi connectivity index (χ3v) is 4.02. The summed E-state index contributed by atoms with van der Waals surface area (Å²) in [5.41, 5.74) is 7.76. The molecule has 1 aliphatic heterocycles. The van der Waals surface area contributed by atoms with Crippen LogP contribution in [0.15, 0.2) is 18.3 Å². The summed E-state index contributed by atoms with van der Waals surface area (Å²) in [7, 11) is 0. The second-order valence-electron chi connectivity index (χ2n) is 5.41. The van der Waals surface area contributed by atoms with Crippen LogP contribution in [0.3, 0.4) is 0 Å². The molecular formula is C15H23N3O. The highest BCUT2D eigenvalue weighted by Crippen LogP contribution is 2.23. The molecule has 1 saturated heterocycles. The molecule has 0 bridgehead atoms. The summed E-state index contributed by atoms with van der Waals surface area (Å²) < 4.78 is 0. The second-order valence-corrected chi connectivity index (χ2v) is 5.41. The SMILES string of the molecule is Cc1cccnc1CC(=O)N1C(C)CCCC1CN. The molecule has 1 aliphatic rings. The first kappa shape index (κ1) is 14.0. The van der Waals surface area contributed by atoms with E-state index >= 15 is 0 Å². The number of aryl methyl sites for hydroxylation is 1. The van der Waals surface area contributed by atoms with E-state index in [0.717, 1.165) is 30.5 Å². The molecule has 1 amide bonds. The van der Waals surface area contributed by atoms with E-state index in [1.54, 1.807) is 6.20 Å². The van der Waals surface area contributed by atoms with E-state index in [1.807, 2.05) is 24.0 Å². The molecule has 2 unspecified atom stereocenters. The van der Waals surface area contributed by atoms with E-state index in [4.69, 9.17) is 5.73 Å². The van der Waals surface area contributed by atoms with Crippen molar-refractivity contribution in [3.05, 3.63) is 29.6 Å². The van der Waals surface area contributed by atoms with Crippen molar-refractivity contribution in [2.45, 2.75) is 51.6 Å². The number of nitrogens with zero attached hydrogens (tertiary/aromatic N) is 2. The van der Waals surface area contributed by atoms with E-state index in [2.05, 4.69) is 11.9 Å². The minimum absolute atomic E-state index is 0.157. The van der Waals surface area contributed by atoms with Gasteiger partial charge in [0.15, 0.2) is 0 Å². The Labute approximate surface area is 115 Å². The predicted octanol–water partition coefficient (Wildman–Crippen LogP) is 1.66. The second kappa shape index (κ2) is 6.15. The molecule has 1 aromatic heterocycles. The molecule has 104 valence electrons. The zero-order chi connectivity index (χ0) is 13.8. The van der Waals surface area contributed by atoms with Crippen LogP contribution in [0.2, 0.25) is 0 Å². The third-order valence-electron chi connectivity index (χ3n) is 4.02. The number of hydrogen-bond donors (Lipinski definition) is 1. The van der Waals surface area contributed by atoms with Gasteiger partial charge in [-0.15, -0.1) is 0 Å². The van der Waals surface area contributed by atoms with Gasteiger partial charge in [0, 0.05) is 24.8 Å². The first-order valence-corrected chi connectivity index (χ1v) is 7.05. The lowest BCUT2D eigenvalue weighted by Gasteiger charge is -2.40. The van der Waals surface area contributed by atoms with E-state index in [9.17, 15) is 4.79 Å². The van der Waals surface area contributed by atoms with Gasteiger partial charge in [0.25, 0.3) is 0 Å². The van der Waals surface area contributed by atoms with Gasteiger partial charge in [-0.05, 0) is 44.7 Å². The first-order chi connectivity index (χ1) is 9.13. The standard InChI is InChI=1S/C15H23N3O/c1-11-5-4-8-17-14(11)9-15(19)18-12(2)6-3-7-13(18)10-16/h4-5,8,12-13H,3,6-7,9-10,16H2,1-2H3. The molecule has 0 radical (unpaired) electrons. The van der Waals surface area contributed by atoms with Crippen LogP contribution in [0, 0.1) is 6.92 Å². The normalized spacial score (nSPS) is 23.4. The average molecular weight is 261 g/mol. The van der Waals surface area contributed by atoms with Gasteiger partial charge in [0.1, 0.15) is 0 Å². The van der Waals surface area contributed by atoms with Gasteiger partial charge in [0.2, 0.25) is 5.91 Å². The number of likely N-dealkylation sites (tertiary alicyclic amines) is 1. The summed E-state index contributed by atoms with van der Waals surface area (Å²) in [5.74, 6) is 0.157. The molecule has 2 N–H and O–H groups in total. The molecular weight excluding hydrogens is 238 g/mol. The minimum Gasteiger partial charge on any atom is -0.335 e. The van der Waals surface area contributed by atoms with Crippen molar-refractivity contribution in [3.63, 3.8) is 0 Å². The van der Waals surface area contributed by atoms with Crippen molar-refractivity contribution < 1.29 is 4.79 Å². The maximum absolute atomic E-state index is 12.5. The van der Waals surface area contributed by atoms with Crippen molar-refractivity contribution in [1.29, 1.82) is 0 Å². The Hall–Kier alpha value is -1.42. The third kappa shape index (κ3) is 3.13. The number of carbonyl (C=O) groups is 1. The monoisotopic (exact) mass is 261 g/mol. The maximum atomic E-state index is 12.5. The molecule has 2 atom stereocenters. The van der Waals surface area contributed by atoms with Crippen molar-refractivity contribution in [1.82, 2.24) is 9.88 Å². The summed E-state index contributed by atoms with van der Waals surface area (Å²) in [5, 5.41) is 0. The maximum Gasteiger partial charge on any atom is 0.229 e. The summed E-state index contributed by atoms with van der Waals surface area (Å²) in [6, 6.07) is 4.38. The Morgan fingerprint density at radius 2 is 2.32 bits per heavy atom. The van der Waals surface area contributed by atoms with Crippen LogP contribution in [0.4, 0.5) is 0 Å². The smallest absolute Gasteiger partial charge is 0.229 e. The molecule has 0 spiro atoms. The summed E-state index contributed by atoms with van der Waals surface area (Å²) in [6.45, 7) is 4.66. The van der Waals surface area contributed by atoms with Crippen LogP contribution in [-0.2, 0) is 11.2 Å². The highest BCUT2D eigenvalue weighted by atomic mass is 16.2. The number of piperidine rings is 1. The van der Waals surface area contributed by atoms with Crippen LogP contribution in [0.25, 0.3) is 0 Å². The lowest BCUT2D eigenvalue weighted by Crippen LogP contribution is -2.52. The van der Waals surface area contributed by atoms with Gasteiger partial charge in [-0.2, -0.15) is 0 Å². The number of pyridine rings is 1. The van der Waals surface area contributed by atoms with Gasteiger partial charge in [-0.3, -0.25) is 9.78 Å². The fraction of sp³-hybridized carbons (Fsp3) is 0.600. The molecule has 0 saturated carbocycles. The number of carbonyl (C=O) groups excluding carboxylic acids is 1. The van der Waals surface area contributed by atoms with E-state index in [0.29, 0.717) is 19.0 Å². The Balaban J connectivity index is 2.11. The van der Waals surface area contributed by atoms with Gasteiger partial charge < -0.3 is 10.6 Å². The number of rotatable bonds is 3. The Morgan fingerprint density at radius 1 is 1.53 bits per heavy atom. The summed E-state index contributed by atoms with van der Waals surface area (Å²) in [4.78, 5) is 18.8. The van der Waals surface area contributed by atoms with E-state index in [-0.39, 0.29) is 11.9 Å². The predicted molar refractivity (Wildman–Crippen MR) is 75.7 cm³/mol. The van der Waals surface area contributed by atoms with Gasteiger partial charge >= 0.3 is 0 Å². The number of nitrogens with two attached hydrogens (primary N) is 1. The van der Waals surface area contributed by atoms with Crippen molar-refractivity contribution in [2.24, 2.45) is 5.73 Å². The number of hydrogen-bond acceptors (Lipinski definition) is 3. The summed E-state index contributed by atoms with van der Waals surface area (Å²) in [6.07, 6.45) is 5.38. The Kier molecular flexibility index (Phi) is 4.53. The molecule has 0 aliphatic carbocycles. The zero-order valence-corrected chi connectivity index (χ0v) is 11.8. The minimum atomic E-state index is 0.157. The topological polar surface area (TPSA) is 59.2 Å². The van der Waals surface area contributed by atoms with Crippen LogP contribution in [0.5, 0.6) is 0 Å². The van der Waals surface area contributed by atoms with Crippen LogP contribution < -0.4 is 5.73 Å². The molecule has 1 fully saturated rings. The van der Waals surface area contributed by atoms with E-state index < -0.39 is 0 Å². The van der Waals surface area contributed by atoms with Gasteiger partial charge in [-0.25, -0.2) is 0 Å². The number of aromatic nitrogens is 1.